The van der Waals surface area contributed by atoms with E-state index in [1.807, 2.05) is 0 Å². The molecular weight excluding hydrogens is 188 g/mol. The van der Waals surface area contributed by atoms with Crippen molar-refractivity contribution in [1.82, 2.24) is 10.3 Å². The van der Waals surface area contributed by atoms with Gasteiger partial charge in [0.1, 0.15) is 0 Å². The predicted octanol–water partition coefficient (Wildman–Crippen LogP) is 1.23. The van der Waals surface area contributed by atoms with Gasteiger partial charge in [0, 0.05) is 13.1 Å². The highest BCUT2D eigenvalue weighted by atomic mass is 15.4. The predicted molar refractivity (Wildman–Crippen MR) is 62.4 cm³/mol. The number of nitrogens with one attached hydrogen (secondary N) is 1. The molecule has 15 heavy (non-hydrogen) atoms. The number of hydrazine groups is 1. The second-order valence-corrected chi connectivity index (χ2v) is 4.58. The van der Waals surface area contributed by atoms with Gasteiger partial charge in [-0.1, -0.05) is 19.3 Å². The smallest absolute Gasteiger partial charge is 0.208 e. The van der Waals surface area contributed by atoms with Crippen LogP contribution in [0.1, 0.15) is 44.9 Å². The van der Waals surface area contributed by atoms with Crippen LogP contribution in [0.5, 0.6) is 0 Å². The maximum Gasteiger partial charge on any atom is 0.208 e. The number of likely N-dealkylation sites (tertiary alicyclic amines) is 1. The second-order valence-electron chi connectivity index (χ2n) is 4.58. The Hall–Kier alpha value is -0.770. The number of hydrogen-bond acceptors (Lipinski definition) is 2. The fraction of sp³-hybridized carbons (Fsp3) is 0.909. The van der Waals surface area contributed by atoms with Crippen molar-refractivity contribution in [1.29, 1.82) is 0 Å². The van der Waals surface area contributed by atoms with Gasteiger partial charge in [-0.15, -0.1) is 0 Å². The van der Waals surface area contributed by atoms with Crippen molar-refractivity contribution in [2.24, 2.45) is 10.8 Å². The molecule has 1 aliphatic carbocycles. The lowest BCUT2D eigenvalue weighted by molar-refractivity contribution is 0.351. The first-order chi connectivity index (χ1) is 7.40. The zero-order valence-electron chi connectivity index (χ0n) is 9.41. The standard InChI is InChI=1S/C11H22N4/c12-14-11(13-10-6-7-10)15-8-4-2-1-3-5-9-15/h10H,1-9,12H2,(H,13,14). The molecule has 0 aromatic carbocycles. The van der Waals surface area contributed by atoms with E-state index in [0.29, 0.717) is 6.04 Å². The summed E-state index contributed by atoms with van der Waals surface area (Å²) < 4.78 is 0. The number of nitrogens with zero attached hydrogens (tertiary/aromatic N) is 2. The van der Waals surface area contributed by atoms with Crippen LogP contribution in [0.3, 0.4) is 0 Å². The monoisotopic (exact) mass is 210 g/mol. The van der Waals surface area contributed by atoms with E-state index in [0.717, 1.165) is 19.0 Å². The van der Waals surface area contributed by atoms with Gasteiger partial charge in [-0.25, -0.2) is 10.8 Å². The van der Waals surface area contributed by atoms with Gasteiger partial charge in [0.15, 0.2) is 0 Å². The minimum Gasteiger partial charge on any atom is -0.342 e. The summed E-state index contributed by atoms with van der Waals surface area (Å²) in [7, 11) is 0. The van der Waals surface area contributed by atoms with Crippen LogP contribution in [-0.2, 0) is 0 Å². The molecule has 0 spiro atoms. The molecule has 0 aromatic rings. The van der Waals surface area contributed by atoms with Crippen LogP contribution in [0, 0.1) is 0 Å². The Bertz CT molecular complexity index is 215. The van der Waals surface area contributed by atoms with E-state index < -0.39 is 0 Å². The molecule has 0 radical (unpaired) electrons. The summed E-state index contributed by atoms with van der Waals surface area (Å²) >= 11 is 0. The minimum atomic E-state index is 0.543. The SMILES string of the molecule is NNC(=NC1CC1)N1CCCCCCC1. The molecule has 0 bridgehead atoms. The first kappa shape index (κ1) is 10.7. The largest absolute Gasteiger partial charge is 0.342 e. The maximum absolute atomic E-state index is 5.55. The van der Waals surface area contributed by atoms with Crippen molar-refractivity contribution in [2.75, 3.05) is 13.1 Å². The highest BCUT2D eigenvalue weighted by Gasteiger charge is 2.22. The zero-order chi connectivity index (χ0) is 10.5. The molecule has 2 aliphatic rings. The van der Waals surface area contributed by atoms with Gasteiger partial charge < -0.3 is 4.90 Å². The quantitative estimate of drug-likeness (QED) is 0.296. The first-order valence-electron chi connectivity index (χ1n) is 6.19. The Morgan fingerprint density at radius 2 is 1.67 bits per heavy atom. The third-order valence-electron chi connectivity index (χ3n) is 3.14. The van der Waals surface area contributed by atoms with Crippen molar-refractivity contribution in [3.63, 3.8) is 0 Å². The molecule has 0 atom stereocenters. The van der Waals surface area contributed by atoms with E-state index in [2.05, 4.69) is 15.3 Å². The molecular formula is C11H22N4. The van der Waals surface area contributed by atoms with Crippen LogP contribution < -0.4 is 11.3 Å². The van der Waals surface area contributed by atoms with Gasteiger partial charge >= 0.3 is 0 Å². The highest BCUT2D eigenvalue weighted by Crippen LogP contribution is 2.24. The summed E-state index contributed by atoms with van der Waals surface area (Å²) in [6.45, 7) is 2.21. The number of hydrogen-bond donors (Lipinski definition) is 2. The van der Waals surface area contributed by atoms with Gasteiger partial charge in [0.25, 0.3) is 0 Å². The van der Waals surface area contributed by atoms with Gasteiger partial charge in [-0.05, 0) is 25.7 Å². The van der Waals surface area contributed by atoms with Crippen molar-refractivity contribution >= 4 is 5.96 Å². The zero-order valence-corrected chi connectivity index (χ0v) is 9.41. The number of guanidine groups is 1. The number of rotatable bonds is 1. The topological polar surface area (TPSA) is 53.6 Å². The molecule has 4 heteroatoms. The van der Waals surface area contributed by atoms with Gasteiger partial charge in [-0.2, -0.15) is 0 Å². The van der Waals surface area contributed by atoms with Gasteiger partial charge in [0.2, 0.25) is 5.96 Å². The summed E-state index contributed by atoms with van der Waals surface area (Å²) in [5.74, 6) is 6.46. The van der Waals surface area contributed by atoms with Gasteiger partial charge in [0.05, 0.1) is 6.04 Å². The number of nitrogens with two attached hydrogens (primary N) is 1. The highest BCUT2D eigenvalue weighted by molar-refractivity contribution is 5.79. The van der Waals surface area contributed by atoms with Crippen molar-refractivity contribution in [3.05, 3.63) is 0 Å². The van der Waals surface area contributed by atoms with Crippen LogP contribution in [0.25, 0.3) is 0 Å². The van der Waals surface area contributed by atoms with Crippen molar-refractivity contribution in [3.8, 4) is 0 Å². The average molecular weight is 210 g/mol. The number of aliphatic imine (C=N–C) groups is 1. The lowest BCUT2D eigenvalue weighted by Gasteiger charge is -2.27. The average Bonchev–Trinajstić information content (AvgIpc) is 2.98. The Balaban J connectivity index is 1.91. The molecule has 1 aliphatic heterocycles. The van der Waals surface area contributed by atoms with E-state index in [4.69, 9.17) is 5.84 Å². The van der Waals surface area contributed by atoms with Crippen molar-refractivity contribution in [2.45, 2.75) is 51.0 Å². The van der Waals surface area contributed by atoms with Gasteiger partial charge in [-0.3, -0.25) is 5.43 Å². The molecule has 1 heterocycles. The van der Waals surface area contributed by atoms with Crippen LogP contribution in [0.4, 0.5) is 0 Å². The fourth-order valence-electron chi connectivity index (χ4n) is 2.05. The summed E-state index contributed by atoms with van der Waals surface area (Å²) in [5, 5.41) is 0. The molecule has 0 amide bonds. The summed E-state index contributed by atoms with van der Waals surface area (Å²) in [4.78, 5) is 6.93. The van der Waals surface area contributed by atoms with E-state index >= 15 is 0 Å². The molecule has 4 nitrogen and oxygen atoms in total. The maximum atomic E-state index is 5.55. The third kappa shape index (κ3) is 3.38. The molecule has 1 saturated heterocycles. The normalized spacial score (nSPS) is 24.6. The summed E-state index contributed by atoms with van der Waals surface area (Å²) in [6.07, 6.45) is 9.09. The minimum absolute atomic E-state index is 0.543. The Morgan fingerprint density at radius 1 is 1.07 bits per heavy atom. The molecule has 1 saturated carbocycles. The molecule has 0 aromatic heterocycles. The molecule has 2 rings (SSSR count). The Labute approximate surface area is 91.9 Å². The van der Waals surface area contributed by atoms with E-state index in [9.17, 15) is 0 Å². The van der Waals surface area contributed by atoms with E-state index in [-0.39, 0.29) is 0 Å². The van der Waals surface area contributed by atoms with Crippen molar-refractivity contribution < 1.29 is 0 Å². The second kappa shape index (κ2) is 5.35. The fourth-order valence-corrected chi connectivity index (χ4v) is 2.05. The van der Waals surface area contributed by atoms with Crippen LogP contribution in [0.2, 0.25) is 0 Å². The van der Waals surface area contributed by atoms with Crippen LogP contribution in [0.15, 0.2) is 4.99 Å². The van der Waals surface area contributed by atoms with Crippen LogP contribution >= 0.6 is 0 Å². The van der Waals surface area contributed by atoms with E-state index in [1.165, 1.54) is 44.9 Å². The lowest BCUT2D eigenvalue weighted by atomic mass is 10.1. The summed E-state index contributed by atoms with van der Waals surface area (Å²) in [5.41, 5.74) is 2.77. The lowest BCUT2D eigenvalue weighted by Crippen LogP contribution is -2.46. The Morgan fingerprint density at radius 3 is 2.20 bits per heavy atom. The van der Waals surface area contributed by atoms with Crippen LogP contribution in [-0.4, -0.2) is 30.0 Å². The molecule has 3 N–H and O–H groups in total. The van der Waals surface area contributed by atoms with E-state index in [1.54, 1.807) is 0 Å². The molecule has 0 unspecified atom stereocenters. The third-order valence-corrected chi connectivity index (χ3v) is 3.14. The Kier molecular flexibility index (Phi) is 3.83. The molecule has 2 fully saturated rings. The molecule has 86 valence electrons. The summed E-state index contributed by atoms with van der Waals surface area (Å²) in [6, 6.07) is 0.543. The first-order valence-corrected chi connectivity index (χ1v) is 6.19.